The highest BCUT2D eigenvalue weighted by atomic mass is 16.5. The fourth-order valence-corrected chi connectivity index (χ4v) is 2.33. The Morgan fingerprint density at radius 1 is 1.29 bits per heavy atom. The molecule has 1 N–H and O–H groups in total. The zero-order valence-corrected chi connectivity index (χ0v) is 12.2. The van der Waals surface area contributed by atoms with Crippen molar-refractivity contribution in [2.75, 3.05) is 7.05 Å². The molecule has 0 spiro atoms. The predicted molar refractivity (Wildman–Crippen MR) is 81.9 cm³/mol. The maximum Gasteiger partial charge on any atom is 0.228 e. The highest BCUT2D eigenvalue weighted by molar-refractivity contribution is 5.82. The summed E-state index contributed by atoms with van der Waals surface area (Å²) >= 11 is 0. The number of aromatic nitrogens is 3. The number of benzene rings is 1. The van der Waals surface area contributed by atoms with Crippen LogP contribution in [0.15, 0.2) is 41.1 Å². The second-order valence-corrected chi connectivity index (χ2v) is 5.02. The summed E-state index contributed by atoms with van der Waals surface area (Å²) in [6.45, 7) is 2.13. The molecule has 0 aliphatic rings. The van der Waals surface area contributed by atoms with Crippen LogP contribution in [0.2, 0.25) is 0 Å². The van der Waals surface area contributed by atoms with Gasteiger partial charge in [0.15, 0.2) is 0 Å². The summed E-state index contributed by atoms with van der Waals surface area (Å²) < 4.78 is 5.35. The molecule has 0 aliphatic carbocycles. The van der Waals surface area contributed by atoms with E-state index in [1.807, 2.05) is 37.4 Å². The summed E-state index contributed by atoms with van der Waals surface area (Å²) in [5.41, 5.74) is 1.91. The van der Waals surface area contributed by atoms with Gasteiger partial charge < -0.3 is 9.84 Å². The molecule has 0 radical (unpaired) electrons. The minimum Gasteiger partial charge on any atom is -0.339 e. The molecule has 5 heteroatoms. The number of likely N-dealkylation sites (N-methyl/N-ethyl adjacent to an activating group) is 1. The van der Waals surface area contributed by atoms with E-state index in [9.17, 15) is 0 Å². The fourth-order valence-electron chi connectivity index (χ4n) is 2.33. The standard InChI is InChI=1S/C16H18N4O/c1-3-13(17-2)10-15-19-16(20-21-15)12-6-7-14-11(9-12)5-4-8-18-14/h4-9,13,17H,3,10H2,1-2H3. The Labute approximate surface area is 123 Å². The molecule has 108 valence electrons. The average molecular weight is 282 g/mol. The molecule has 21 heavy (non-hydrogen) atoms. The van der Waals surface area contributed by atoms with E-state index in [1.165, 1.54) is 0 Å². The van der Waals surface area contributed by atoms with Crippen LogP contribution in [0.1, 0.15) is 19.2 Å². The highest BCUT2D eigenvalue weighted by Gasteiger charge is 2.13. The number of rotatable bonds is 5. The lowest BCUT2D eigenvalue weighted by molar-refractivity contribution is 0.359. The van der Waals surface area contributed by atoms with Crippen LogP contribution in [0.5, 0.6) is 0 Å². The molecule has 0 saturated carbocycles. The fraction of sp³-hybridized carbons (Fsp3) is 0.312. The molecule has 3 rings (SSSR count). The SMILES string of the molecule is CCC(Cc1nc(-c2ccc3ncccc3c2)no1)NC. The van der Waals surface area contributed by atoms with Crippen molar-refractivity contribution in [1.82, 2.24) is 20.4 Å². The first-order chi connectivity index (χ1) is 10.3. The first-order valence-electron chi connectivity index (χ1n) is 7.15. The molecule has 0 amide bonds. The maximum atomic E-state index is 5.35. The van der Waals surface area contributed by atoms with Gasteiger partial charge in [-0.05, 0) is 37.7 Å². The molecule has 5 nitrogen and oxygen atoms in total. The summed E-state index contributed by atoms with van der Waals surface area (Å²) in [7, 11) is 1.95. The van der Waals surface area contributed by atoms with Crippen molar-refractivity contribution in [2.45, 2.75) is 25.8 Å². The minimum absolute atomic E-state index is 0.360. The van der Waals surface area contributed by atoms with E-state index in [2.05, 4.69) is 27.4 Å². The first-order valence-corrected chi connectivity index (χ1v) is 7.15. The second kappa shape index (κ2) is 6.01. The Kier molecular flexibility index (Phi) is 3.92. The smallest absolute Gasteiger partial charge is 0.228 e. The number of nitrogens with one attached hydrogen (secondary N) is 1. The zero-order chi connectivity index (χ0) is 14.7. The molecule has 0 bridgehead atoms. The highest BCUT2D eigenvalue weighted by Crippen LogP contribution is 2.21. The van der Waals surface area contributed by atoms with Gasteiger partial charge in [0.25, 0.3) is 0 Å². The molecular formula is C16H18N4O. The molecule has 1 unspecified atom stereocenters. The van der Waals surface area contributed by atoms with Gasteiger partial charge in [0, 0.05) is 29.6 Å². The number of fused-ring (bicyclic) bond motifs is 1. The second-order valence-electron chi connectivity index (χ2n) is 5.02. The van der Waals surface area contributed by atoms with Crippen molar-refractivity contribution in [2.24, 2.45) is 0 Å². The third-order valence-corrected chi connectivity index (χ3v) is 3.65. The van der Waals surface area contributed by atoms with Crippen molar-refractivity contribution in [3.05, 3.63) is 42.4 Å². The lowest BCUT2D eigenvalue weighted by Crippen LogP contribution is -2.26. The summed E-state index contributed by atoms with van der Waals surface area (Å²) in [5.74, 6) is 1.29. The van der Waals surface area contributed by atoms with Gasteiger partial charge in [-0.3, -0.25) is 4.98 Å². The first kappa shape index (κ1) is 13.7. The van der Waals surface area contributed by atoms with E-state index >= 15 is 0 Å². The molecule has 1 atom stereocenters. The third-order valence-electron chi connectivity index (χ3n) is 3.65. The van der Waals surface area contributed by atoms with Gasteiger partial charge in [-0.15, -0.1) is 0 Å². The van der Waals surface area contributed by atoms with Crippen molar-refractivity contribution >= 4 is 10.9 Å². The van der Waals surface area contributed by atoms with E-state index in [-0.39, 0.29) is 0 Å². The Morgan fingerprint density at radius 3 is 3.00 bits per heavy atom. The topological polar surface area (TPSA) is 63.8 Å². The van der Waals surface area contributed by atoms with Gasteiger partial charge in [-0.2, -0.15) is 4.98 Å². The summed E-state index contributed by atoms with van der Waals surface area (Å²) in [6.07, 6.45) is 3.56. The number of hydrogen-bond donors (Lipinski definition) is 1. The molecule has 1 aromatic carbocycles. The average Bonchev–Trinajstić information content (AvgIpc) is 3.00. The summed E-state index contributed by atoms with van der Waals surface area (Å²) in [4.78, 5) is 8.80. The number of hydrogen-bond acceptors (Lipinski definition) is 5. The van der Waals surface area contributed by atoms with Gasteiger partial charge in [-0.25, -0.2) is 0 Å². The summed E-state index contributed by atoms with van der Waals surface area (Å²) in [6, 6.07) is 10.3. The van der Waals surface area contributed by atoms with Crippen LogP contribution in [0.25, 0.3) is 22.3 Å². The van der Waals surface area contributed by atoms with Gasteiger partial charge in [0.05, 0.1) is 5.52 Å². The molecule has 0 fully saturated rings. The molecule has 2 heterocycles. The Bertz CT molecular complexity index is 734. The lowest BCUT2D eigenvalue weighted by Gasteiger charge is -2.09. The van der Waals surface area contributed by atoms with Crippen LogP contribution in [-0.2, 0) is 6.42 Å². The minimum atomic E-state index is 0.360. The van der Waals surface area contributed by atoms with E-state index in [0.29, 0.717) is 17.8 Å². The quantitative estimate of drug-likeness (QED) is 0.779. The van der Waals surface area contributed by atoms with Crippen LogP contribution in [0, 0.1) is 0 Å². The van der Waals surface area contributed by atoms with Gasteiger partial charge in [0.2, 0.25) is 11.7 Å². The molecule has 2 aromatic heterocycles. The number of nitrogens with zero attached hydrogens (tertiary/aromatic N) is 3. The van der Waals surface area contributed by atoms with Gasteiger partial charge in [0.1, 0.15) is 0 Å². The Morgan fingerprint density at radius 2 is 2.19 bits per heavy atom. The monoisotopic (exact) mass is 282 g/mol. The molecular weight excluding hydrogens is 264 g/mol. The molecule has 3 aromatic rings. The van der Waals surface area contributed by atoms with E-state index < -0.39 is 0 Å². The predicted octanol–water partition coefficient (Wildman–Crippen LogP) is 2.83. The largest absolute Gasteiger partial charge is 0.339 e. The lowest BCUT2D eigenvalue weighted by atomic mass is 10.1. The normalized spacial score (nSPS) is 12.7. The third kappa shape index (κ3) is 2.92. The molecule has 0 aliphatic heterocycles. The zero-order valence-electron chi connectivity index (χ0n) is 12.2. The van der Waals surface area contributed by atoms with Crippen LogP contribution in [0.4, 0.5) is 0 Å². The molecule has 0 saturated heterocycles. The van der Waals surface area contributed by atoms with Crippen molar-refractivity contribution in [1.29, 1.82) is 0 Å². The van der Waals surface area contributed by atoms with Crippen LogP contribution >= 0.6 is 0 Å². The van der Waals surface area contributed by atoms with E-state index in [1.54, 1.807) is 6.20 Å². The van der Waals surface area contributed by atoms with Crippen LogP contribution < -0.4 is 5.32 Å². The Balaban J connectivity index is 1.87. The van der Waals surface area contributed by atoms with E-state index in [0.717, 1.165) is 29.3 Å². The summed E-state index contributed by atoms with van der Waals surface area (Å²) in [5, 5.41) is 8.39. The van der Waals surface area contributed by atoms with Crippen LogP contribution in [0.3, 0.4) is 0 Å². The van der Waals surface area contributed by atoms with Gasteiger partial charge in [-0.1, -0.05) is 18.1 Å². The Hall–Kier alpha value is -2.27. The van der Waals surface area contributed by atoms with Crippen molar-refractivity contribution < 1.29 is 4.52 Å². The van der Waals surface area contributed by atoms with Crippen LogP contribution in [-0.4, -0.2) is 28.2 Å². The van der Waals surface area contributed by atoms with Gasteiger partial charge >= 0.3 is 0 Å². The van der Waals surface area contributed by atoms with Crippen molar-refractivity contribution in [3.8, 4) is 11.4 Å². The number of pyridine rings is 1. The maximum absolute atomic E-state index is 5.35. The van der Waals surface area contributed by atoms with E-state index in [4.69, 9.17) is 4.52 Å². The van der Waals surface area contributed by atoms with Crippen molar-refractivity contribution in [3.63, 3.8) is 0 Å².